The summed E-state index contributed by atoms with van der Waals surface area (Å²) in [7, 11) is 0. The Morgan fingerprint density at radius 1 is 1.21 bits per heavy atom. The van der Waals surface area contributed by atoms with Crippen molar-refractivity contribution in [2.75, 3.05) is 39.3 Å². The van der Waals surface area contributed by atoms with E-state index in [1.54, 1.807) is 0 Å². The lowest BCUT2D eigenvalue weighted by Crippen LogP contribution is -2.53. The summed E-state index contributed by atoms with van der Waals surface area (Å²) in [6.07, 6.45) is 5.47. The zero-order chi connectivity index (χ0) is 13.9. The first kappa shape index (κ1) is 15.3. The first-order valence-corrected chi connectivity index (χ1v) is 8.21. The molecule has 1 aliphatic carbocycles. The van der Waals surface area contributed by atoms with Crippen molar-refractivity contribution in [2.45, 2.75) is 52.5 Å². The maximum absolute atomic E-state index is 6.16. The quantitative estimate of drug-likeness (QED) is 0.847. The summed E-state index contributed by atoms with van der Waals surface area (Å²) < 4.78 is 0. The van der Waals surface area contributed by atoms with Gasteiger partial charge < -0.3 is 10.6 Å². The largest absolute Gasteiger partial charge is 0.330 e. The Labute approximate surface area is 119 Å². The molecular weight excluding hydrogens is 234 g/mol. The van der Waals surface area contributed by atoms with Crippen LogP contribution >= 0.6 is 0 Å². The van der Waals surface area contributed by atoms with Crippen LogP contribution in [-0.2, 0) is 0 Å². The van der Waals surface area contributed by atoms with E-state index >= 15 is 0 Å². The highest BCUT2D eigenvalue weighted by Gasteiger charge is 2.36. The van der Waals surface area contributed by atoms with E-state index in [-0.39, 0.29) is 0 Å². The summed E-state index contributed by atoms with van der Waals surface area (Å²) in [4.78, 5) is 5.26. The van der Waals surface area contributed by atoms with E-state index in [4.69, 9.17) is 5.73 Å². The third-order valence-corrected chi connectivity index (χ3v) is 5.31. The predicted octanol–water partition coefficient (Wildman–Crippen LogP) is 2.17. The lowest BCUT2D eigenvalue weighted by Gasteiger charge is -2.45. The number of piperazine rings is 1. The Morgan fingerprint density at radius 3 is 2.42 bits per heavy atom. The van der Waals surface area contributed by atoms with Crippen LogP contribution in [0.5, 0.6) is 0 Å². The minimum Gasteiger partial charge on any atom is -0.330 e. The van der Waals surface area contributed by atoms with Gasteiger partial charge in [0, 0.05) is 38.8 Å². The van der Waals surface area contributed by atoms with Crippen molar-refractivity contribution in [3.8, 4) is 0 Å². The van der Waals surface area contributed by atoms with Gasteiger partial charge in [-0.2, -0.15) is 0 Å². The Kier molecular flexibility index (Phi) is 5.27. The first-order valence-electron chi connectivity index (χ1n) is 8.21. The molecule has 3 nitrogen and oxygen atoms in total. The molecule has 1 saturated carbocycles. The van der Waals surface area contributed by atoms with Crippen LogP contribution in [0.3, 0.4) is 0 Å². The summed E-state index contributed by atoms with van der Waals surface area (Å²) in [5.74, 6) is 0.870. The van der Waals surface area contributed by atoms with Crippen molar-refractivity contribution < 1.29 is 0 Å². The van der Waals surface area contributed by atoms with Crippen molar-refractivity contribution in [3.63, 3.8) is 0 Å². The maximum atomic E-state index is 6.16. The fourth-order valence-corrected chi connectivity index (χ4v) is 4.07. The summed E-state index contributed by atoms with van der Waals surface area (Å²) >= 11 is 0. The Morgan fingerprint density at radius 2 is 1.89 bits per heavy atom. The second-order valence-corrected chi connectivity index (χ2v) is 7.31. The second-order valence-electron chi connectivity index (χ2n) is 7.31. The van der Waals surface area contributed by atoms with Crippen LogP contribution in [0.4, 0.5) is 0 Å². The van der Waals surface area contributed by atoms with Gasteiger partial charge in [-0.05, 0) is 44.6 Å². The summed E-state index contributed by atoms with van der Waals surface area (Å²) in [5.41, 5.74) is 6.57. The van der Waals surface area contributed by atoms with Crippen LogP contribution in [-0.4, -0.2) is 55.1 Å². The van der Waals surface area contributed by atoms with E-state index in [0.29, 0.717) is 11.5 Å². The fraction of sp³-hybridized carbons (Fsp3) is 1.00. The summed E-state index contributed by atoms with van der Waals surface area (Å²) in [5, 5.41) is 0. The molecule has 0 amide bonds. The van der Waals surface area contributed by atoms with Gasteiger partial charge in [-0.15, -0.1) is 0 Å². The molecule has 0 bridgehead atoms. The normalized spacial score (nSPS) is 34.9. The molecule has 0 spiro atoms. The Hall–Kier alpha value is -0.120. The van der Waals surface area contributed by atoms with Crippen LogP contribution in [0.15, 0.2) is 0 Å². The van der Waals surface area contributed by atoms with E-state index in [0.717, 1.165) is 12.5 Å². The number of nitrogens with zero attached hydrogens (tertiary/aromatic N) is 2. The van der Waals surface area contributed by atoms with Crippen LogP contribution in [0, 0.1) is 11.3 Å². The average Bonchev–Trinajstić information content (AvgIpc) is 2.39. The molecule has 2 unspecified atom stereocenters. The monoisotopic (exact) mass is 267 g/mol. The highest BCUT2D eigenvalue weighted by atomic mass is 15.3. The lowest BCUT2D eigenvalue weighted by molar-refractivity contribution is 0.0461. The van der Waals surface area contributed by atoms with Crippen LogP contribution < -0.4 is 5.73 Å². The van der Waals surface area contributed by atoms with Gasteiger partial charge in [-0.25, -0.2) is 0 Å². The van der Waals surface area contributed by atoms with Crippen LogP contribution in [0.25, 0.3) is 0 Å². The van der Waals surface area contributed by atoms with Gasteiger partial charge in [0.1, 0.15) is 0 Å². The van der Waals surface area contributed by atoms with E-state index in [1.807, 2.05) is 0 Å². The van der Waals surface area contributed by atoms with Crippen molar-refractivity contribution in [1.82, 2.24) is 9.80 Å². The highest BCUT2D eigenvalue weighted by Crippen LogP contribution is 2.39. The molecule has 3 heteroatoms. The zero-order valence-corrected chi connectivity index (χ0v) is 13.2. The molecule has 0 aromatic rings. The molecule has 0 aromatic carbocycles. The molecular formula is C16H33N3. The molecule has 1 heterocycles. The highest BCUT2D eigenvalue weighted by molar-refractivity contribution is 4.90. The minimum atomic E-state index is 0.414. The molecule has 1 aliphatic heterocycles. The predicted molar refractivity (Wildman–Crippen MR) is 82.3 cm³/mol. The molecule has 112 valence electrons. The van der Waals surface area contributed by atoms with Gasteiger partial charge in [0.25, 0.3) is 0 Å². The van der Waals surface area contributed by atoms with E-state index in [2.05, 4.69) is 30.6 Å². The Bertz CT molecular complexity index is 271. The minimum absolute atomic E-state index is 0.414. The summed E-state index contributed by atoms with van der Waals surface area (Å²) in [6.45, 7) is 14.0. The number of rotatable bonds is 4. The smallest absolute Gasteiger partial charge is 0.0113 e. The fourth-order valence-electron chi connectivity index (χ4n) is 4.07. The average molecular weight is 267 g/mol. The van der Waals surface area contributed by atoms with E-state index in [1.165, 1.54) is 58.4 Å². The molecule has 2 rings (SSSR count). The molecule has 0 radical (unpaired) electrons. The molecule has 2 atom stereocenters. The third kappa shape index (κ3) is 3.93. The topological polar surface area (TPSA) is 32.5 Å². The molecule has 1 saturated heterocycles. The Balaban J connectivity index is 1.86. The number of hydrogen-bond donors (Lipinski definition) is 1. The second kappa shape index (κ2) is 6.55. The summed E-state index contributed by atoms with van der Waals surface area (Å²) in [6, 6.07) is 0.695. The van der Waals surface area contributed by atoms with Crippen LogP contribution in [0.1, 0.15) is 46.5 Å². The zero-order valence-electron chi connectivity index (χ0n) is 13.2. The SMILES string of the molecule is CC1CCCC(CN)(CN2CCN(C(C)C)CC2)C1. The number of hydrogen-bond acceptors (Lipinski definition) is 3. The molecule has 2 aliphatic rings. The molecule has 2 fully saturated rings. The van der Waals surface area contributed by atoms with E-state index < -0.39 is 0 Å². The van der Waals surface area contributed by atoms with Gasteiger partial charge in [-0.3, -0.25) is 4.90 Å². The molecule has 0 aromatic heterocycles. The lowest BCUT2D eigenvalue weighted by atomic mass is 9.69. The van der Waals surface area contributed by atoms with Gasteiger partial charge >= 0.3 is 0 Å². The molecule has 2 N–H and O–H groups in total. The van der Waals surface area contributed by atoms with Gasteiger partial charge in [0.05, 0.1) is 0 Å². The van der Waals surface area contributed by atoms with E-state index in [9.17, 15) is 0 Å². The van der Waals surface area contributed by atoms with Crippen molar-refractivity contribution >= 4 is 0 Å². The molecule has 19 heavy (non-hydrogen) atoms. The van der Waals surface area contributed by atoms with Gasteiger partial charge in [-0.1, -0.05) is 19.8 Å². The van der Waals surface area contributed by atoms with Crippen molar-refractivity contribution in [1.29, 1.82) is 0 Å². The van der Waals surface area contributed by atoms with Gasteiger partial charge in [0.2, 0.25) is 0 Å². The number of nitrogens with two attached hydrogens (primary N) is 1. The van der Waals surface area contributed by atoms with Crippen molar-refractivity contribution in [3.05, 3.63) is 0 Å². The van der Waals surface area contributed by atoms with Crippen LogP contribution in [0.2, 0.25) is 0 Å². The third-order valence-electron chi connectivity index (χ3n) is 5.31. The first-order chi connectivity index (χ1) is 9.04. The maximum Gasteiger partial charge on any atom is 0.0113 e. The van der Waals surface area contributed by atoms with Gasteiger partial charge in [0.15, 0.2) is 0 Å². The standard InChI is InChI=1S/C16H33N3/c1-14(2)19-9-7-18(8-10-19)13-16(12-17)6-4-5-15(3)11-16/h14-15H,4-13,17H2,1-3H3. The van der Waals surface area contributed by atoms with Crippen molar-refractivity contribution in [2.24, 2.45) is 17.1 Å².